The molecule has 0 aliphatic carbocycles. The third kappa shape index (κ3) is 4.50. The minimum absolute atomic E-state index is 0.103. The molecule has 32 heavy (non-hydrogen) atoms. The number of aromatic nitrogens is 3. The standard InChI is InChI=1S/C24H30N6O2/c1-4-17-22(9-8-20(26-17)23(31)25-3)30-12-10-29(11-13-30)15-16-6-7-19-21(14-16)28-24(32)18(5-2)27-19/h6-9,14H,4-5,10-13,15H2,1-3H3,(H,25,31)(H,28,32). The lowest BCUT2D eigenvalue weighted by atomic mass is 10.1. The molecule has 1 aliphatic rings. The molecule has 0 spiro atoms. The minimum atomic E-state index is -0.158. The summed E-state index contributed by atoms with van der Waals surface area (Å²) < 4.78 is 0. The van der Waals surface area contributed by atoms with E-state index in [-0.39, 0.29) is 11.5 Å². The van der Waals surface area contributed by atoms with E-state index < -0.39 is 0 Å². The van der Waals surface area contributed by atoms with Gasteiger partial charge in [0.15, 0.2) is 0 Å². The lowest BCUT2D eigenvalue weighted by Crippen LogP contribution is -2.46. The number of carbonyl (C=O) groups is 1. The summed E-state index contributed by atoms with van der Waals surface area (Å²) in [7, 11) is 1.62. The van der Waals surface area contributed by atoms with Gasteiger partial charge in [0.2, 0.25) is 0 Å². The Morgan fingerprint density at radius 3 is 2.47 bits per heavy atom. The van der Waals surface area contributed by atoms with Crippen LogP contribution in [-0.4, -0.2) is 59.0 Å². The minimum Gasteiger partial charge on any atom is -0.367 e. The number of hydrogen-bond donors (Lipinski definition) is 2. The predicted octanol–water partition coefficient (Wildman–Crippen LogP) is 2.12. The summed E-state index contributed by atoms with van der Waals surface area (Å²) >= 11 is 0. The van der Waals surface area contributed by atoms with Crippen LogP contribution in [0.3, 0.4) is 0 Å². The molecule has 8 nitrogen and oxygen atoms in total. The number of fused-ring (bicyclic) bond motifs is 1. The number of aryl methyl sites for hydroxylation is 2. The van der Waals surface area contributed by atoms with E-state index in [2.05, 4.69) is 43.1 Å². The highest BCUT2D eigenvalue weighted by Gasteiger charge is 2.21. The maximum Gasteiger partial charge on any atom is 0.270 e. The van der Waals surface area contributed by atoms with Crippen molar-refractivity contribution in [2.24, 2.45) is 0 Å². The Morgan fingerprint density at radius 1 is 1.03 bits per heavy atom. The Labute approximate surface area is 187 Å². The fourth-order valence-corrected chi connectivity index (χ4v) is 4.21. The van der Waals surface area contributed by atoms with Crippen molar-refractivity contribution in [3.8, 4) is 0 Å². The van der Waals surface area contributed by atoms with Gasteiger partial charge in [0, 0.05) is 39.8 Å². The zero-order valence-electron chi connectivity index (χ0n) is 18.9. The molecule has 1 aliphatic heterocycles. The predicted molar refractivity (Wildman–Crippen MR) is 126 cm³/mol. The molecule has 0 unspecified atom stereocenters. The lowest BCUT2D eigenvalue weighted by molar-refractivity contribution is 0.0958. The largest absolute Gasteiger partial charge is 0.367 e. The molecule has 3 heterocycles. The molecule has 1 fully saturated rings. The molecule has 0 atom stereocenters. The van der Waals surface area contributed by atoms with Crippen LogP contribution in [0.1, 0.15) is 41.3 Å². The molecule has 1 saturated heterocycles. The van der Waals surface area contributed by atoms with Gasteiger partial charge in [-0.3, -0.25) is 14.5 Å². The smallest absolute Gasteiger partial charge is 0.270 e. The van der Waals surface area contributed by atoms with Crippen molar-refractivity contribution in [2.75, 3.05) is 38.1 Å². The van der Waals surface area contributed by atoms with Crippen molar-refractivity contribution < 1.29 is 4.79 Å². The van der Waals surface area contributed by atoms with Crippen LogP contribution in [-0.2, 0) is 19.4 Å². The number of rotatable bonds is 6. The van der Waals surface area contributed by atoms with E-state index in [4.69, 9.17) is 0 Å². The maximum atomic E-state index is 12.1. The summed E-state index contributed by atoms with van der Waals surface area (Å²) in [5, 5.41) is 2.64. The molecule has 1 amide bonds. The van der Waals surface area contributed by atoms with Crippen molar-refractivity contribution in [1.82, 2.24) is 25.2 Å². The van der Waals surface area contributed by atoms with Gasteiger partial charge in [0.1, 0.15) is 11.4 Å². The van der Waals surface area contributed by atoms with Gasteiger partial charge in [0.05, 0.1) is 22.4 Å². The third-order valence-corrected chi connectivity index (χ3v) is 6.03. The number of carbonyl (C=O) groups excluding carboxylic acids is 1. The molecule has 168 valence electrons. The topological polar surface area (TPSA) is 94.2 Å². The number of piperazine rings is 1. The average molecular weight is 435 g/mol. The van der Waals surface area contributed by atoms with Crippen LogP contribution in [0.5, 0.6) is 0 Å². The van der Waals surface area contributed by atoms with Gasteiger partial charge in [-0.15, -0.1) is 0 Å². The van der Waals surface area contributed by atoms with Gasteiger partial charge < -0.3 is 15.2 Å². The number of amides is 1. The number of benzene rings is 1. The average Bonchev–Trinajstić information content (AvgIpc) is 2.83. The molecular formula is C24H30N6O2. The first-order valence-corrected chi connectivity index (χ1v) is 11.2. The summed E-state index contributed by atoms with van der Waals surface area (Å²) in [6.07, 6.45) is 1.41. The molecule has 2 N–H and O–H groups in total. The van der Waals surface area contributed by atoms with Crippen molar-refractivity contribution in [1.29, 1.82) is 0 Å². The maximum absolute atomic E-state index is 12.1. The summed E-state index contributed by atoms with van der Waals surface area (Å²) in [5.74, 6) is -0.158. The van der Waals surface area contributed by atoms with E-state index in [1.54, 1.807) is 13.1 Å². The molecule has 1 aromatic carbocycles. The SMILES string of the molecule is CCc1nc(C(=O)NC)ccc1N1CCN(Cc2ccc3nc(CC)c(=O)[nH]c3c2)CC1. The molecule has 0 saturated carbocycles. The highest BCUT2D eigenvalue weighted by atomic mass is 16.1. The quantitative estimate of drug-likeness (QED) is 0.617. The Bertz CT molecular complexity index is 1180. The first-order valence-electron chi connectivity index (χ1n) is 11.2. The number of nitrogens with one attached hydrogen (secondary N) is 2. The molecule has 0 radical (unpaired) electrons. The fourth-order valence-electron chi connectivity index (χ4n) is 4.21. The summed E-state index contributed by atoms with van der Waals surface area (Å²) in [4.78, 5) is 40.8. The molecule has 3 aromatic rings. The Hall–Kier alpha value is -3.26. The number of pyridine rings is 1. The van der Waals surface area contributed by atoms with Crippen LogP contribution in [0, 0.1) is 0 Å². The van der Waals surface area contributed by atoms with E-state index in [0.29, 0.717) is 17.8 Å². The van der Waals surface area contributed by atoms with Gasteiger partial charge in [0.25, 0.3) is 11.5 Å². The normalized spacial score (nSPS) is 14.7. The zero-order valence-corrected chi connectivity index (χ0v) is 18.9. The Kier molecular flexibility index (Phi) is 6.50. The van der Waals surface area contributed by atoms with Gasteiger partial charge in [-0.25, -0.2) is 9.97 Å². The van der Waals surface area contributed by atoms with E-state index in [9.17, 15) is 9.59 Å². The van der Waals surface area contributed by atoms with Crippen LogP contribution in [0.15, 0.2) is 35.1 Å². The summed E-state index contributed by atoms with van der Waals surface area (Å²) in [6, 6.07) is 9.93. The second-order valence-electron chi connectivity index (χ2n) is 8.08. The van der Waals surface area contributed by atoms with Crippen LogP contribution in [0.4, 0.5) is 5.69 Å². The van der Waals surface area contributed by atoms with Crippen LogP contribution in [0.25, 0.3) is 11.0 Å². The van der Waals surface area contributed by atoms with Crippen molar-refractivity contribution in [2.45, 2.75) is 33.2 Å². The first-order chi connectivity index (χ1) is 15.5. The molecule has 8 heteroatoms. The molecule has 0 bridgehead atoms. The Morgan fingerprint density at radius 2 is 1.78 bits per heavy atom. The molecule has 2 aromatic heterocycles. The summed E-state index contributed by atoms with van der Waals surface area (Å²) in [5.41, 5.74) is 5.78. The highest BCUT2D eigenvalue weighted by molar-refractivity contribution is 5.92. The van der Waals surface area contributed by atoms with Crippen molar-refractivity contribution in [3.63, 3.8) is 0 Å². The number of aromatic amines is 1. The monoisotopic (exact) mass is 434 g/mol. The van der Waals surface area contributed by atoms with Crippen molar-refractivity contribution >= 4 is 22.6 Å². The van der Waals surface area contributed by atoms with Crippen LogP contribution >= 0.6 is 0 Å². The summed E-state index contributed by atoms with van der Waals surface area (Å²) in [6.45, 7) is 8.50. The van der Waals surface area contributed by atoms with Crippen molar-refractivity contribution in [3.05, 3.63) is 63.3 Å². The van der Waals surface area contributed by atoms with Gasteiger partial charge in [-0.1, -0.05) is 19.9 Å². The number of anilines is 1. The zero-order chi connectivity index (χ0) is 22.7. The second-order valence-corrected chi connectivity index (χ2v) is 8.08. The second kappa shape index (κ2) is 9.48. The number of hydrogen-bond acceptors (Lipinski definition) is 6. The van der Waals surface area contributed by atoms with Gasteiger partial charge >= 0.3 is 0 Å². The highest BCUT2D eigenvalue weighted by Crippen LogP contribution is 2.23. The lowest BCUT2D eigenvalue weighted by Gasteiger charge is -2.36. The fraction of sp³-hybridized carbons (Fsp3) is 0.417. The first kappa shape index (κ1) is 22.0. The number of nitrogens with zero attached hydrogens (tertiary/aromatic N) is 4. The van der Waals surface area contributed by atoms with Crippen LogP contribution in [0.2, 0.25) is 0 Å². The van der Waals surface area contributed by atoms with Crippen LogP contribution < -0.4 is 15.8 Å². The van der Waals surface area contributed by atoms with Gasteiger partial charge in [-0.05, 0) is 42.7 Å². The Balaban J connectivity index is 1.43. The third-order valence-electron chi connectivity index (χ3n) is 6.03. The van der Waals surface area contributed by atoms with E-state index >= 15 is 0 Å². The number of H-pyrrole nitrogens is 1. The van der Waals surface area contributed by atoms with E-state index in [1.165, 1.54) is 5.56 Å². The molecular weight excluding hydrogens is 404 g/mol. The van der Waals surface area contributed by atoms with E-state index in [0.717, 1.165) is 61.6 Å². The van der Waals surface area contributed by atoms with E-state index in [1.807, 2.05) is 25.1 Å². The molecule has 4 rings (SSSR count). The van der Waals surface area contributed by atoms with Gasteiger partial charge in [-0.2, -0.15) is 0 Å².